The van der Waals surface area contributed by atoms with E-state index in [2.05, 4.69) is 5.32 Å². The zero-order chi connectivity index (χ0) is 17.3. The largest absolute Gasteiger partial charge is 0.454 e. The van der Waals surface area contributed by atoms with Gasteiger partial charge in [-0.1, -0.05) is 12.1 Å². The zero-order valence-electron chi connectivity index (χ0n) is 13.2. The third-order valence-electron chi connectivity index (χ3n) is 3.99. The molecule has 2 aromatic carbocycles. The molecule has 0 fully saturated rings. The predicted molar refractivity (Wildman–Crippen MR) is 86.3 cm³/mol. The summed E-state index contributed by atoms with van der Waals surface area (Å²) in [6.45, 7) is 3.59. The van der Waals surface area contributed by atoms with Crippen LogP contribution in [0, 0.1) is 17.0 Å². The smallest absolute Gasteiger partial charge is 0.273 e. The molecular formula is C17H16N2O5. The maximum atomic E-state index is 12.5. The number of hydrogen-bond donors (Lipinski definition) is 1. The second kappa shape index (κ2) is 6.19. The fraction of sp³-hybridized carbons (Fsp3) is 0.235. The van der Waals surface area contributed by atoms with Crippen LogP contribution in [0.15, 0.2) is 36.4 Å². The van der Waals surface area contributed by atoms with E-state index in [1.54, 1.807) is 19.1 Å². The van der Waals surface area contributed by atoms with Crippen LogP contribution in [0.3, 0.4) is 0 Å². The van der Waals surface area contributed by atoms with Gasteiger partial charge in [-0.3, -0.25) is 14.9 Å². The lowest BCUT2D eigenvalue weighted by atomic mass is 10.0. The van der Waals surface area contributed by atoms with Gasteiger partial charge in [0.25, 0.3) is 11.6 Å². The first kappa shape index (κ1) is 15.8. The summed E-state index contributed by atoms with van der Waals surface area (Å²) in [5, 5.41) is 13.8. The number of nitro benzene ring substituents is 1. The van der Waals surface area contributed by atoms with Gasteiger partial charge in [-0.2, -0.15) is 0 Å². The Labute approximate surface area is 138 Å². The van der Waals surface area contributed by atoms with Crippen molar-refractivity contribution in [1.29, 1.82) is 0 Å². The number of benzene rings is 2. The van der Waals surface area contributed by atoms with Gasteiger partial charge in [0.15, 0.2) is 11.5 Å². The van der Waals surface area contributed by atoms with Crippen LogP contribution < -0.4 is 14.8 Å². The Morgan fingerprint density at radius 2 is 2.00 bits per heavy atom. The lowest BCUT2D eigenvalue weighted by Gasteiger charge is -2.15. The molecule has 0 saturated heterocycles. The Hall–Kier alpha value is -3.09. The predicted octanol–water partition coefficient (Wildman–Crippen LogP) is 3.12. The van der Waals surface area contributed by atoms with Crippen molar-refractivity contribution < 1.29 is 19.2 Å². The van der Waals surface area contributed by atoms with Gasteiger partial charge in [0.2, 0.25) is 6.79 Å². The standard InChI is InChI=1S/C17H16N2O5/c1-10-13(4-3-5-14(10)19(21)22)17(20)18-11(2)12-6-7-15-16(8-12)24-9-23-15/h3-8,11H,9H2,1-2H3,(H,18,20). The Bertz CT molecular complexity index is 819. The topological polar surface area (TPSA) is 90.7 Å². The molecular weight excluding hydrogens is 312 g/mol. The molecule has 0 spiro atoms. The summed E-state index contributed by atoms with van der Waals surface area (Å²) in [5.41, 5.74) is 1.42. The fourth-order valence-corrected chi connectivity index (χ4v) is 2.61. The van der Waals surface area contributed by atoms with Gasteiger partial charge in [-0.15, -0.1) is 0 Å². The van der Waals surface area contributed by atoms with Crippen molar-refractivity contribution in [2.45, 2.75) is 19.9 Å². The van der Waals surface area contributed by atoms with Crippen molar-refractivity contribution in [3.05, 3.63) is 63.2 Å². The van der Waals surface area contributed by atoms with Crippen molar-refractivity contribution in [2.24, 2.45) is 0 Å². The van der Waals surface area contributed by atoms with E-state index in [4.69, 9.17) is 9.47 Å². The number of hydrogen-bond acceptors (Lipinski definition) is 5. The number of carbonyl (C=O) groups is 1. The molecule has 2 aromatic rings. The number of nitrogens with zero attached hydrogens (tertiary/aromatic N) is 1. The molecule has 1 unspecified atom stereocenters. The summed E-state index contributed by atoms with van der Waals surface area (Å²) in [7, 11) is 0. The van der Waals surface area contributed by atoms with Gasteiger partial charge in [-0.05, 0) is 37.6 Å². The highest BCUT2D eigenvalue weighted by Crippen LogP contribution is 2.34. The third kappa shape index (κ3) is 2.88. The number of fused-ring (bicyclic) bond motifs is 1. The van der Waals surface area contributed by atoms with Crippen LogP contribution in [0.2, 0.25) is 0 Å². The van der Waals surface area contributed by atoms with Crippen LogP contribution in [-0.2, 0) is 0 Å². The molecule has 0 radical (unpaired) electrons. The molecule has 1 amide bonds. The van der Waals surface area contributed by atoms with E-state index in [1.165, 1.54) is 12.1 Å². The number of nitro groups is 1. The minimum atomic E-state index is -0.493. The molecule has 124 valence electrons. The molecule has 0 aromatic heterocycles. The van der Waals surface area contributed by atoms with E-state index >= 15 is 0 Å². The van der Waals surface area contributed by atoms with E-state index in [0.717, 1.165) is 5.56 Å². The Morgan fingerprint density at radius 1 is 1.25 bits per heavy atom. The minimum Gasteiger partial charge on any atom is -0.454 e. The summed E-state index contributed by atoms with van der Waals surface area (Å²) in [6.07, 6.45) is 0. The maximum absolute atomic E-state index is 12.5. The summed E-state index contributed by atoms with van der Waals surface area (Å²) in [4.78, 5) is 23.0. The molecule has 7 heteroatoms. The van der Waals surface area contributed by atoms with Gasteiger partial charge in [0.05, 0.1) is 11.0 Å². The zero-order valence-corrected chi connectivity index (χ0v) is 13.2. The molecule has 1 N–H and O–H groups in total. The molecule has 0 aliphatic carbocycles. The van der Waals surface area contributed by atoms with Crippen LogP contribution in [0.25, 0.3) is 0 Å². The number of carbonyl (C=O) groups excluding carboxylic acids is 1. The normalized spacial score (nSPS) is 13.4. The number of amides is 1. The fourth-order valence-electron chi connectivity index (χ4n) is 2.61. The molecule has 1 atom stereocenters. The van der Waals surface area contributed by atoms with Crippen molar-refractivity contribution in [1.82, 2.24) is 5.32 Å². The molecule has 3 rings (SSSR count). The Balaban J connectivity index is 1.80. The second-order valence-corrected chi connectivity index (χ2v) is 5.51. The van der Waals surface area contributed by atoms with Crippen molar-refractivity contribution >= 4 is 11.6 Å². The average molecular weight is 328 g/mol. The first-order valence-corrected chi connectivity index (χ1v) is 7.42. The molecule has 0 bridgehead atoms. The first-order valence-electron chi connectivity index (χ1n) is 7.42. The molecule has 0 saturated carbocycles. The molecule has 1 heterocycles. The lowest BCUT2D eigenvalue weighted by molar-refractivity contribution is -0.385. The molecule has 1 aliphatic heterocycles. The minimum absolute atomic E-state index is 0.0709. The Kier molecular flexibility index (Phi) is 4.07. The van der Waals surface area contributed by atoms with Gasteiger partial charge in [0.1, 0.15) is 0 Å². The van der Waals surface area contributed by atoms with Crippen molar-refractivity contribution in [2.75, 3.05) is 6.79 Å². The number of nitrogens with one attached hydrogen (secondary N) is 1. The lowest BCUT2D eigenvalue weighted by Crippen LogP contribution is -2.27. The first-order chi connectivity index (χ1) is 11.5. The highest BCUT2D eigenvalue weighted by Gasteiger charge is 2.21. The van der Waals surface area contributed by atoms with E-state index in [9.17, 15) is 14.9 Å². The summed E-state index contributed by atoms with van der Waals surface area (Å²) < 4.78 is 10.6. The molecule has 1 aliphatic rings. The maximum Gasteiger partial charge on any atom is 0.273 e. The van der Waals surface area contributed by atoms with Crippen LogP contribution >= 0.6 is 0 Å². The van der Waals surface area contributed by atoms with Crippen LogP contribution in [0.1, 0.15) is 34.5 Å². The highest BCUT2D eigenvalue weighted by molar-refractivity contribution is 5.96. The molecule has 24 heavy (non-hydrogen) atoms. The number of ether oxygens (including phenoxy) is 2. The van der Waals surface area contributed by atoms with Crippen LogP contribution in [-0.4, -0.2) is 17.6 Å². The Morgan fingerprint density at radius 3 is 2.75 bits per heavy atom. The van der Waals surface area contributed by atoms with Gasteiger partial charge in [-0.25, -0.2) is 0 Å². The number of rotatable bonds is 4. The SMILES string of the molecule is Cc1c(C(=O)NC(C)c2ccc3c(c2)OCO3)cccc1[N+](=O)[O-]. The summed E-state index contributed by atoms with van der Waals surface area (Å²) in [6, 6.07) is 9.62. The monoisotopic (exact) mass is 328 g/mol. The second-order valence-electron chi connectivity index (χ2n) is 5.51. The molecule has 7 nitrogen and oxygen atoms in total. The van der Waals surface area contributed by atoms with Crippen molar-refractivity contribution in [3.8, 4) is 11.5 Å². The van der Waals surface area contributed by atoms with Gasteiger partial charge in [0, 0.05) is 17.2 Å². The van der Waals surface area contributed by atoms with Gasteiger partial charge < -0.3 is 14.8 Å². The van der Waals surface area contributed by atoms with Crippen LogP contribution in [0.5, 0.6) is 11.5 Å². The van der Waals surface area contributed by atoms with Crippen LogP contribution in [0.4, 0.5) is 5.69 Å². The third-order valence-corrected chi connectivity index (χ3v) is 3.99. The van der Waals surface area contributed by atoms with Crippen molar-refractivity contribution in [3.63, 3.8) is 0 Å². The quantitative estimate of drug-likeness (QED) is 0.688. The van der Waals surface area contributed by atoms with E-state index in [0.29, 0.717) is 17.1 Å². The summed E-state index contributed by atoms with van der Waals surface area (Å²) >= 11 is 0. The highest BCUT2D eigenvalue weighted by atomic mass is 16.7. The average Bonchev–Trinajstić information content (AvgIpc) is 3.02. The van der Waals surface area contributed by atoms with E-state index in [-0.39, 0.29) is 30.0 Å². The van der Waals surface area contributed by atoms with E-state index in [1.807, 2.05) is 19.1 Å². The van der Waals surface area contributed by atoms with E-state index < -0.39 is 4.92 Å². The summed E-state index contributed by atoms with van der Waals surface area (Å²) in [5.74, 6) is 0.952. The van der Waals surface area contributed by atoms with Gasteiger partial charge >= 0.3 is 0 Å².